The first-order chi connectivity index (χ1) is 16.4. The third-order valence-corrected chi connectivity index (χ3v) is 7.12. The Hall–Kier alpha value is -2.65. The first kappa shape index (κ1) is 28.6. The number of rotatable bonds is 11. The number of amides is 2. The van der Waals surface area contributed by atoms with Gasteiger partial charge in [0.2, 0.25) is 21.8 Å². The van der Waals surface area contributed by atoms with E-state index in [0.717, 1.165) is 40.2 Å². The number of carbonyl (C=O) groups excluding carboxylic acids is 2. The molecule has 0 aromatic heterocycles. The molecule has 0 aliphatic rings. The van der Waals surface area contributed by atoms with Gasteiger partial charge in [0.05, 0.1) is 17.0 Å². The second-order valence-electron chi connectivity index (χ2n) is 8.62. The maximum Gasteiger partial charge on any atom is 0.244 e. The van der Waals surface area contributed by atoms with Gasteiger partial charge in [-0.2, -0.15) is 0 Å². The van der Waals surface area contributed by atoms with Crippen LogP contribution in [0.15, 0.2) is 42.5 Å². The summed E-state index contributed by atoms with van der Waals surface area (Å²) in [5.74, 6) is -1.58. The molecule has 0 fully saturated rings. The summed E-state index contributed by atoms with van der Waals surface area (Å²) in [6.45, 7) is 7.09. The predicted molar refractivity (Wildman–Crippen MR) is 137 cm³/mol. The van der Waals surface area contributed by atoms with Gasteiger partial charge in [-0.15, -0.1) is 0 Å². The minimum Gasteiger partial charge on any atom is -0.352 e. The molecule has 2 aromatic carbocycles. The van der Waals surface area contributed by atoms with Crippen LogP contribution >= 0.6 is 11.6 Å². The van der Waals surface area contributed by atoms with Crippen LogP contribution in [0, 0.1) is 12.7 Å². The summed E-state index contributed by atoms with van der Waals surface area (Å²) in [4.78, 5) is 28.1. The number of hydrogen-bond acceptors (Lipinski definition) is 4. The largest absolute Gasteiger partial charge is 0.352 e. The van der Waals surface area contributed by atoms with Crippen LogP contribution in [0.1, 0.15) is 44.7 Å². The Labute approximate surface area is 212 Å². The molecule has 0 unspecified atom stereocenters. The van der Waals surface area contributed by atoms with Gasteiger partial charge >= 0.3 is 0 Å². The van der Waals surface area contributed by atoms with Gasteiger partial charge in [-0.3, -0.25) is 13.9 Å². The molecule has 0 heterocycles. The smallest absolute Gasteiger partial charge is 0.244 e. The summed E-state index contributed by atoms with van der Waals surface area (Å²) in [6, 6.07) is 10.1. The number of aryl methyl sites for hydroxylation is 1. The Morgan fingerprint density at radius 3 is 2.34 bits per heavy atom. The van der Waals surface area contributed by atoms with Gasteiger partial charge in [0.15, 0.2) is 0 Å². The summed E-state index contributed by atoms with van der Waals surface area (Å²) in [6.07, 6.45) is 2.01. The fraction of sp³-hybridized carbons (Fsp3) is 0.440. The van der Waals surface area contributed by atoms with Gasteiger partial charge in [0.1, 0.15) is 18.4 Å². The summed E-state index contributed by atoms with van der Waals surface area (Å²) in [5.41, 5.74) is 1.86. The molecule has 0 spiro atoms. The molecule has 2 aromatic rings. The monoisotopic (exact) mass is 525 g/mol. The van der Waals surface area contributed by atoms with E-state index in [1.165, 1.54) is 11.0 Å². The van der Waals surface area contributed by atoms with E-state index in [1.807, 2.05) is 45.0 Å². The number of carbonyl (C=O) groups is 2. The Kier molecular flexibility index (Phi) is 10.1. The lowest BCUT2D eigenvalue weighted by atomic mass is 10.1. The van der Waals surface area contributed by atoms with Crippen LogP contribution in [0.5, 0.6) is 0 Å². The zero-order valence-electron chi connectivity index (χ0n) is 20.7. The molecule has 0 aliphatic carbocycles. The molecule has 0 bridgehead atoms. The van der Waals surface area contributed by atoms with Crippen molar-refractivity contribution < 1.29 is 22.4 Å². The first-order valence-electron chi connectivity index (χ1n) is 11.5. The zero-order chi connectivity index (χ0) is 26.3. The van der Waals surface area contributed by atoms with Crippen molar-refractivity contribution >= 4 is 39.1 Å². The standard InChI is InChI=1S/C25H33ClFN3O4S/c1-6-18(4)28-25(32)23(7-2)29(15-19-10-8-9-17(3)13-19)24(31)16-30(35(5,33)34)20-11-12-22(27)21(26)14-20/h8-14,18,23H,6-7,15-16H2,1-5H3,(H,28,32)/t18-,23+/m1/s1. The molecule has 1 N–H and O–H groups in total. The van der Waals surface area contributed by atoms with Crippen molar-refractivity contribution in [3.8, 4) is 0 Å². The first-order valence-corrected chi connectivity index (χ1v) is 13.7. The molecule has 7 nitrogen and oxygen atoms in total. The Balaban J connectivity index is 2.46. The van der Waals surface area contributed by atoms with Crippen molar-refractivity contribution in [2.75, 3.05) is 17.1 Å². The van der Waals surface area contributed by atoms with Crippen molar-refractivity contribution in [3.05, 3.63) is 64.4 Å². The normalized spacial score (nSPS) is 13.1. The minimum absolute atomic E-state index is 0.0554. The van der Waals surface area contributed by atoms with Crippen molar-refractivity contribution in [1.29, 1.82) is 0 Å². The van der Waals surface area contributed by atoms with Crippen LogP contribution in [-0.2, 0) is 26.2 Å². The number of nitrogens with one attached hydrogen (secondary N) is 1. The third-order valence-electron chi connectivity index (χ3n) is 5.69. The lowest BCUT2D eigenvalue weighted by Gasteiger charge is -2.33. The molecule has 0 saturated carbocycles. The summed E-state index contributed by atoms with van der Waals surface area (Å²) in [5, 5.41) is 2.65. The predicted octanol–water partition coefficient (Wildman–Crippen LogP) is 4.28. The Morgan fingerprint density at radius 1 is 1.11 bits per heavy atom. The summed E-state index contributed by atoms with van der Waals surface area (Å²) < 4.78 is 39.7. The Bertz CT molecular complexity index is 1160. The molecule has 0 aliphatic heterocycles. The Morgan fingerprint density at radius 2 is 1.80 bits per heavy atom. The van der Waals surface area contributed by atoms with E-state index in [-0.39, 0.29) is 29.2 Å². The van der Waals surface area contributed by atoms with Crippen LogP contribution in [0.3, 0.4) is 0 Å². The molecule has 35 heavy (non-hydrogen) atoms. The van der Waals surface area contributed by atoms with Crippen LogP contribution in [-0.4, -0.2) is 50.0 Å². The number of sulfonamides is 1. The average molecular weight is 526 g/mol. The number of hydrogen-bond donors (Lipinski definition) is 1. The molecule has 0 saturated heterocycles. The molecular weight excluding hydrogens is 493 g/mol. The fourth-order valence-corrected chi connectivity index (χ4v) is 4.64. The van der Waals surface area contributed by atoms with E-state index >= 15 is 0 Å². The number of anilines is 1. The van der Waals surface area contributed by atoms with Crippen molar-refractivity contribution in [1.82, 2.24) is 10.2 Å². The molecule has 2 amide bonds. The number of benzene rings is 2. The molecule has 192 valence electrons. The number of halogens is 2. The van der Waals surface area contributed by atoms with Crippen LogP contribution in [0.2, 0.25) is 5.02 Å². The van der Waals surface area contributed by atoms with Gasteiger partial charge in [0, 0.05) is 12.6 Å². The van der Waals surface area contributed by atoms with Gasteiger partial charge in [-0.25, -0.2) is 12.8 Å². The zero-order valence-corrected chi connectivity index (χ0v) is 22.3. The van der Waals surface area contributed by atoms with Crippen LogP contribution < -0.4 is 9.62 Å². The maximum atomic E-state index is 13.7. The topological polar surface area (TPSA) is 86.8 Å². The maximum absolute atomic E-state index is 13.7. The highest BCUT2D eigenvalue weighted by molar-refractivity contribution is 7.92. The van der Waals surface area contributed by atoms with E-state index < -0.39 is 34.3 Å². The second kappa shape index (κ2) is 12.4. The highest BCUT2D eigenvalue weighted by atomic mass is 35.5. The molecule has 2 rings (SSSR count). The second-order valence-corrected chi connectivity index (χ2v) is 10.9. The fourth-order valence-electron chi connectivity index (χ4n) is 3.62. The van der Waals surface area contributed by atoms with Gasteiger partial charge in [-0.1, -0.05) is 55.3 Å². The van der Waals surface area contributed by atoms with E-state index in [0.29, 0.717) is 6.42 Å². The highest BCUT2D eigenvalue weighted by Gasteiger charge is 2.32. The average Bonchev–Trinajstić information content (AvgIpc) is 2.78. The van der Waals surface area contributed by atoms with E-state index in [4.69, 9.17) is 11.6 Å². The van der Waals surface area contributed by atoms with Gasteiger partial charge in [-0.05, 0) is 50.5 Å². The number of nitrogens with zero attached hydrogens (tertiary/aromatic N) is 2. The minimum atomic E-state index is -3.93. The van der Waals surface area contributed by atoms with Crippen LogP contribution in [0.4, 0.5) is 10.1 Å². The van der Waals surface area contributed by atoms with Crippen molar-refractivity contribution in [2.24, 2.45) is 0 Å². The lowest BCUT2D eigenvalue weighted by molar-refractivity contribution is -0.140. The van der Waals surface area contributed by atoms with Crippen molar-refractivity contribution in [2.45, 2.75) is 59.2 Å². The quantitative estimate of drug-likeness (QED) is 0.474. The third kappa shape index (κ3) is 7.93. The van der Waals surface area contributed by atoms with E-state index in [2.05, 4.69) is 5.32 Å². The van der Waals surface area contributed by atoms with Gasteiger partial charge in [0.25, 0.3) is 0 Å². The summed E-state index contributed by atoms with van der Waals surface area (Å²) in [7, 11) is -3.93. The van der Waals surface area contributed by atoms with Crippen LogP contribution in [0.25, 0.3) is 0 Å². The van der Waals surface area contributed by atoms with E-state index in [1.54, 1.807) is 6.92 Å². The molecular formula is C25H33ClFN3O4S. The summed E-state index contributed by atoms with van der Waals surface area (Å²) >= 11 is 5.86. The lowest BCUT2D eigenvalue weighted by Crippen LogP contribution is -2.53. The SMILES string of the molecule is CC[C@@H](C)NC(=O)[C@H](CC)N(Cc1cccc(C)c1)C(=O)CN(c1ccc(F)c(Cl)c1)S(C)(=O)=O. The molecule has 10 heteroatoms. The van der Waals surface area contributed by atoms with Gasteiger partial charge < -0.3 is 10.2 Å². The molecule has 0 radical (unpaired) electrons. The van der Waals surface area contributed by atoms with E-state index in [9.17, 15) is 22.4 Å². The highest BCUT2D eigenvalue weighted by Crippen LogP contribution is 2.25. The van der Waals surface area contributed by atoms with Crippen molar-refractivity contribution in [3.63, 3.8) is 0 Å². The molecule has 2 atom stereocenters.